The van der Waals surface area contributed by atoms with E-state index in [4.69, 9.17) is 11.6 Å². The standard InChI is InChI=1S/C25H23ClN4O/c26-22-4-2-19(3-5-22)24-15-27-8-7-20(24)17-30-11-9-29(10-12-30)16-18-1-6-23-21(13-18)14-28-25(23)31/h1-8,13-15H,9-12,16-17H2. The molecule has 0 saturated carbocycles. The maximum atomic E-state index is 11.7. The summed E-state index contributed by atoms with van der Waals surface area (Å²) in [5.74, 6) is -0.135. The molecular weight excluding hydrogens is 408 g/mol. The lowest BCUT2D eigenvalue weighted by Crippen LogP contribution is -2.45. The largest absolute Gasteiger partial charge is 0.297 e. The van der Waals surface area contributed by atoms with Crippen LogP contribution in [0.1, 0.15) is 27.0 Å². The van der Waals surface area contributed by atoms with Crippen LogP contribution in [-0.4, -0.2) is 53.1 Å². The van der Waals surface area contributed by atoms with Gasteiger partial charge in [0.05, 0.1) is 5.56 Å². The van der Waals surface area contributed by atoms with Gasteiger partial charge in [-0.15, -0.1) is 0 Å². The number of pyridine rings is 1. The SMILES string of the molecule is O=C1N=Cc2cc(CN3CCN(Cc4ccncc4-c4ccc(Cl)cc4)CC3)ccc21. The summed E-state index contributed by atoms with van der Waals surface area (Å²) in [5, 5.41) is 0.743. The smallest absolute Gasteiger partial charge is 0.277 e. The number of piperazine rings is 1. The van der Waals surface area contributed by atoms with Gasteiger partial charge in [-0.25, -0.2) is 4.99 Å². The molecule has 3 aromatic rings. The van der Waals surface area contributed by atoms with Crippen LogP contribution in [0.3, 0.4) is 0 Å². The molecule has 1 amide bonds. The van der Waals surface area contributed by atoms with E-state index in [9.17, 15) is 4.79 Å². The molecule has 1 aromatic heterocycles. The second-order valence-electron chi connectivity index (χ2n) is 8.08. The Hall–Kier alpha value is -2.86. The van der Waals surface area contributed by atoms with E-state index in [0.29, 0.717) is 5.56 Å². The first-order chi connectivity index (χ1) is 15.2. The van der Waals surface area contributed by atoms with Crippen molar-refractivity contribution in [2.45, 2.75) is 13.1 Å². The Kier molecular flexibility index (Phi) is 5.64. The van der Waals surface area contributed by atoms with Crippen molar-refractivity contribution in [2.24, 2.45) is 4.99 Å². The number of carbonyl (C=O) groups is 1. The minimum atomic E-state index is -0.135. The normalized spacial score (nSPS) is 16.6. The minimum Gasteiger partial charge on any atom is -0.297 e. The quantitative estimate of drug-likeness (QED) is 0.605. The van der Waals surface area contributed by atoms with Crippen molar-refractivity contribution < 1.29 is 4.79 Å². The molecule has 0 atom stereocenters. The fourth-order valence-corrected chi connectivity index (χ4v) is 4.39. The number of rotatable bonds is 5. The Morgan fingerprint density at radius 1 is 0.871 bits per heavy atom. The lowest BCUT2D eigenvalue weighted by atomic mass is 10.0. The van der Waals surface area contributed by atoms with Crippen molar-refractivity contribution in [3.8, 4) is 11.1 Å². The van der Waals surface area contributed by atoms with Crippen molar-refractivity contribution in [2.75, 3.05) is 26.2 Å². The molecule has 31 heavy (non-hydrogen) atoms. The summed E-state index contributed by atoms with van der Waals surface area (Å²) >= 11 is 6.05. The molecule has 6 heteroatoms. The van der Waals surface area contributed by atoms with E-state index in [0.717, 1.165) is 61.0 Å². The molecule has 1 fully saturated rings. The lowest BCUT2D eigenvalue weighted by molar-refractivity contribution is 0.101. The van der Waals surface area contributed by atoms with Crippen LogP contribution in [0.25, 0.3) is 11.1 Å². The van der Waals surface area contributed by atoms with Gasteiger partial charge in [-0.1, -0.05) is 29.8 Å². The highest BCUT2D eigenvalue weighted by Gasteiger charge is 2.20. The van der Waals surface area contributed by atoms with E-state index < -0.39 is 0 Å². The monoisotopic (exact) mass is 430 g/mol. The van der Waals surface area contributed by atoms with Gasteiger partial charge in [0.1, 0.15) is 0 Å². The Bertz CT molecular complexity index is 1130. The molecule has 0 bridgehead atoms. The number of hydrogen-bond acceptors (Lipinski definition) is 4. The molecule has 0 radical (unpaired) electrons. The molecule has 5 nitrogen and oxygen atoms in total. The van der Waals surface area contributed by atoms with Gasteiger partial charge in [-0.2, -0.15) is 0 Å². The van der Waals surface area contributed by atoms with E-state index in [1.807, 2.05) is 36.7 Å². The van der Waals surface area contributed by atoms with E-state index in [1.54, 1.807) is 6.21 Å². The number of benzene rings is 2. The number of aromatic nitrogens is 1. The molecule has 2 aliphatic heterocycles. The summed E-state index contributed by atoms with van der Waals surface area (Å²) < 4.78 is 0. The second kappa shape index (κ2) is 8.71. The molecule has 0 N–H and O–H groups in total. The summed E-state index contributed by atoms with van der Waals surface area (Å²) in [4.78, 5) is 24.8. The summed E-state index contributed by atoms with van der Waals surface area (Å²) in [6, 6.07) is 16.1. The number of carbonyl (C=O) groups excluding carboxylic acids is 1. The number of nitrogens with zero attached hydrogens (tertiary/aromatic N) is 4. The zero-order chi connectivity index (χ0) is 21.2. The van der Waals surface area contributed by atoms with Crippen LogP contribution in [0.5, 0.6) is 0 Å². The number of hydrogen-bond donors (Lipinski definition) is 0. The number of aliphatic imine (C=N–C) groups is 1. The molecule has 2 aliphatic rings. The second-order valence-corrected chi connectivity index (χ2v) is 8.51. The predicted molar refractivity (Wildman–Crippen MR) is 124 cm³/mol. The summed E-state index contributed by atoms with van der Waals surface area (Å²) in [6.45, 7) is 5.89. The van der Waals surface area contributed by atoms with Crippen LogP contribution in [0.2, 0.25) is 5.02 Å². The maximum absolute atomic E-state index is 11.7. The van der Waals surface area contributed by atoms with Gasteiger partial charge in [0, 0.05) is 74.0 Å². The van der Waals surface area contributed by atoms with Crippen LogP contribution < -0.4 is 0 Å². The van der Waals surface area contributed by atoms with Crippen molar-refractivity contribution in [1.29, 1.82) is 0 Å². The minimum absolute atomic E-state index is 0.135. The van der Waals surface area contributed by atoms with Crippen LogP contribution >= 0.6 is 11.6 Å². The van der Waals surface area contributed by atoms with Crippen LogP contribution in [-0.2, 0) is 13.1 Å². The molecule has 3 heterocycles. The molecule has 0 unspecified atom stereocenters. The van der Waals surface area contributed by atoms with Crippen molar-refractivity contribution in [3.05, 3.63) is 88.2 Å². The Balaban J connectivity index is 1.21. The molecular formula is C25H23ClN4O. The van der Waals surface area contributed by atoms with Gasteiger partial charge in [0.25, 0.3) is 5.91 Å². The van der Waals surface area contributed by atoms with Gasteiger partial charge in [0.15, 0.2) is 0 Å². The average Bonchev–Trinajstić information content (AvgIpc) is 3.16. The van der Waals surface area contributed by atoms with Crippen molar-refractivity contribution in [1.82, 2.24) is 14.8 Å². The summed E-state index contributed by atoms with van der Waals surface area (Å²) in [6.07, 6.45) is 5.48. The Morgan fingerprint density at radius 2 is 1.61 bits per heavy atom. The van der Waals surface area contributed by atoms with Crippen LogP contribution in [0.4, 0.5) is 0 Å². The molecule has 0 aliphatic carbocycles. The van der Waals surface area contributed by atoms with E-state index >= 15 is 0 Å². The fraction of sp³-hybridized carbons (Fsp3) is 0.240. The van der Waals surface area contributed by atoms with Gasteiger partial charge < -0.3 is 0 Å². The molecule has 156 valence electrons. The highest BCUT2D eigenvalue weighted by atomic mass is 35.5. The van der Waals surface area contributed by atoms with Crippen molar-refractivity contribution in [3.63, 3.8) is 0 Å². The van der Waals surface area contributed by atoms with Gasteiger partial charge in [-0.3, -0.25) is 19.6 Å². The molecule has 5 rings (SSSR count). The zero-order valence-corrected chi connectivity index (χ0v) is 17.9. The van der Waals surface area contributed by atoms with Gasteiger partial charge in [-0.05, 0) is 47.0 Å². The average molecular weight is 431 g/mol. The summed E-state index contributed by atoms with van der Waals surface area (Å²) in [7, 11) is 0. The highest BCUT2D eigenvalue weighted by Crippen LogP contribution is 2.26. The third-order valence-electron chi connectivity index (χ3n) is 6.00. The fourth-order valence-electron chi connectivity index (χ4n) is 4.26. The number of amides is 1. The third kappa shape index (κ3) is 4.44. The molecule has 1 saturated heterocycles. The first kappa shape index (κ1) is 20.1. The van der Waals surface area contributed by atoms with Crippen molar-refractivity contribution >= 4 is 23.7 Å². The summed E-state index contributed by atoms with van der Waals surface area (Å²) in [5.41, 5.74) is 6.47. The number of fused-ring (bicyclic) bond motifs is 1. The number of halogens is 1. The Labute approximate surface area is 187 Å². The van der Waals surface area contributed by atoms with Gasteiger partial charge >= 0.3 is 0 Å². The first-order valence-electron chi connectivity index (χ1n) is 10.5. The van der Waals surface area contributed by atoms with E-state index in [1.165, 1.54) is 11.1 Å². The van der Waals surface area contributed by atoms with Crippen LogP contribution in [0.15, 0.2) is 65.9 Å². The predicted octanol–water partition coefficient (Wildman–Crippen LogP) is 4.29. The highest BCUT2D eigenvalue weighted by molar-refractivity contribution is 6.30. The Morgan fingerprint density at radius 3 is 2.39 bits per heavy atom. The van der Waals surface area contributed by atoms with Crippen LogP contribution in [0, 0.1) is 0 Å². The third-order valence-corrected chi connectivity index (χ3v) is 6.25. The van der Waals surface area contributed by atoms with E-state index in [2.05, 4.69) is 44.0 Å². The van der Waals surface area contributed by atoms with E-state index in [-0.39, 0.29) is 5.91 Å². The zero-order valence-electron chi connectivity index (χ0n) is 17.2. The first-order valence-corrected chi connectivity index (χ1v) is 10.9. The molecule has 2 aromatic carbocycles. The van der Waals surface area contributed by atoms with Gasteiger partial charge in [0.2, 0.25) is 0 Å². The topological polar surface area (TPSA) is 48.8 Å². The lowest BCUT2D eigenvalue weighted by Gasteiger charge is -2.35. The maximum Gasteiger partial charge on any atom is 0.277 e. The molecule has 0 spiro atoms.